The number of rotatable bonds is 6. The molecule has 0 aromatic heterocycles. The highest BCUT2D eigenvalue weighted by atomic mass is 32.2. The number of aliphatic hydroxyl groups is 2. The summed E-state index contributed by atoms with van der Waals surface area (Å²) in [6.07, 6.45) is 0.663. The van der Waals surface area contributed by atoms with Gasteiger partial charge in [0.2, 0.25) is 0 Å². The Hall–Kier alpha value is -2.11. The van der Waals surface area contributed by atoms with Crippen LogP contribution in [0.2, 0.25) is 0 Å². The van der Waals surface area contributed by atoms with Gasteiger partial charge < -0.3 is 24.7 Å². The standard InChI is InChI=1S/C22H22N2O5S3/c1-23-15-4-2-3-5-17(15)31-18-8-13(6-7-16(18)23)9-19-21(28)24(22(30)32-19)10-20(27)29-12-14(26)11-25/h2-9,14,22,25-26,30H,10-12H2,1H3. The van der Waals surface area contributed by atoms with E-state index in [-0.39, 0.29) is 19.1 Å². The molecule has 2 N–H and O–H groups in total. The fourth-order valence-corrected chi connectivity index (χ4v) is 6.01. The second-order valence-electron chi connectivity index (χ2n) is 7.26. The fourth-order valence-electron chi connectivity index (χ4n) is 3.34. The number of carbonyl (C=O) groups is 2. The number of fused-ring (bicyclic) bond motifs is 2. The van der Waals surface area contributed by atoms with Crippen molar-refractivity contribution in [2.75, 3.05) is 31.7 Å². The number of nitrogens with zero attached hydrogens (tertiary/aromatic N) is 2. The number of ether oxygens (including phenoxy) is 1. The Morgan fingerprint density at radius 1 is 1.25 bits per heavy atom. The minimum Gasteiger partial charge on any atom is -0.462 e. The van der Waals surface area contributed by atoms with Crippen LogP contribution >= 0.6 is 36.2 Å². The second-order valence-corrected chi connectivity index (χ2v) is 10.3. The molecule has 0 aliphatic carbocycles. The first kappa shape index (κ1) is 23.1. The van der Waals surface area contributed by atoms with Gasteiger partial charge in [-0.2, -0.15) is 0 Å². The summed E-state index contributed by atoms with van der Waals surface area (Å²) in [5, 5.41) is 18.1. The van der Waals surface area contributed by atoms with Gasteiger partial charge in [-0.3, -0.25) is 9.59 Å². The number of esters is 1. The number of para-hydroxylation sites is 1. The van der Waals surface area contributed by atoms with Gasteiger partial charge in [0.25, 0.3) is 5.91 Å². The normalized spacial score (nSPS) is 19.7. The maximum Gasteiger partial charge on any atom is 0.325 e. The summed E-state index contributed by atoms with van der Waals surface area (Å²) in [4.78, 5) is 31.0. The summed E-state index contributed by atoms with van der Waals surface area (Å²) < 4.78 is 4.38. The van der Waals surface area contributed by atoms with Crippen LogP contribution in [0.4, 0.5) is 11.4 Å². The van der Waals surface area contributed by atoms with Gasteiger partial charge in [-0.1, -0.05) is 41.7 Å². The van der Waals surface area contributed by atoms with Gasteiger partial charge in [0.05, 0.1) is 22.9 Å². The van der Waals surface area contributed by atoms with Crippen LogP contribution in [0.3, 0.4) is 0 Å². The highest BCUT2D eigenvalue weighted by molar-refractivity contribution is 8.14. The van der Waals surface area contributed by atoms with Crippen molar-refractivity contribution >= 4 is 65.5 Å². The Bertz CT molecular complexity index is 1080. The van der Waals surface area contributed by atoms with Crippen molar-refractivity contribution in [3.05, 3.63) is 52.9 Å². The quantitative estimate of drug-likeness (QED) is 0.324. The molecular formula is C22H22N2O5S3. The molecule has 2 aliphatic heterocycles. The van der Waals surface area contributed by atoms with Crippen LogP contribution in [0, 0.1) is 0 Å². The number of aliphatic hydroxyl groups excluding tert-OH is 2. The first-order chi connectivity index (χ1) is 15.4. The van der Waals surface area contributed by atoms with Crippen molar-refractivity contribution in [2.24, 2.45) is 0 Å². The van der Waals surface area contributed by atoms with Gasteiger partial charge in [0.1, 0.15) is 24.0 Å². The van der Waals surface area contributed by atoms with Gasteiger partial charge in [0.15, 0.2) is 0 Å². The number of hydrogen-bond acceptors (Lipinski definition) is 9. The number of amides is 1. The summed E-state index contributed by atoms with van der Waals surface area (Å²) in [6.45, 7) is -1.11. The van der Waals surface area contributed by atoms with Gasteiger partial charge in [-0.15, -0.1) is 12.6 Å². The average molecular weight is 491 g/mol. The molecule has 0 spiro atoms. The zero-order valence-electron chi connectivity index (χ0n) is 17.2. The first-order valence-electron chi connectivity index (χ1n) is 9.84. The topological polar surface area (TPSA) is 90.3 Å². The monoisotopic (exact) mass is 490 g/mol. The van der Waals surface area contributed by atoms with E-state index < -0.39 is 23.4 Å². The number of benzene rings is 2. The Labute approximate surface area is 199 Å². The lowest BCUT2D eigenvalue weighted by atomic mass is 10.1. The van der Waals surface area contributed by atoms with Crippen LogP contribution in [0.15, 0.2) is 57.2 Å². The van der Waals surface area contributed by atoms with Crippen LogP contribution in [0.5, 0.6) is 0 Å². The molecule has 0 bridgehead atoms. The molecule has 4 rings (SSSR count). The van der Waals surface area contributed by atoms with Crippen molar-refractivity contribution in [1.29, 1.82) is 0 Å². The Morgan fingerprint density at radius 2 is 2.00 bits per heavy atom. The number of thiol groups is 1. The maximum absolute atomic E-state index is 12.8. The summed E-state index contributed by atoms with van der Waals surface area (Å²) >= 11 is 7.37. The van der Waals surface area contributed by atoms with Crippen molar-refractivity contribution in [3.8, 4) is 0 Å². The largest absolute Gasteiger partial charge is 0.462 e. The molecule has 168 valence electrons. The lowest BCUT2D eigenvalue weighted by Gasteiger charge is -2.29. The maximum atomic E-state index is 12.8. The van der Waals surface area contributed by atoms with Crippen LogP contribution < -0.4 is 4.90 Å². The molecule has 32 heavy (non-hydrogen) atoms. The predicted molar refractivity (Wildman–Crippen MR) is 129 cm³/mol. The van der Waals surface area contributed by atoms with E-state index in [4.69, 9.17) is 9.84 Å². The van der Waals surface area contributed by atoms with Crippen LogP contribution in [0.25, 0.3) is 6.08 Å². The van der Waals surface area contributed by atoms with Crippen LogP contribution in [-0.4, -0.2) is 64.6 Å². The highest BCUT2D eigenvalue weighted by Crippen LogP contribution is 2.48. The van der Waals surface area contributed by atoms with Crippen molar-refractivity contribution in [1.82, 2.24) is 4.90 Å². The van der Waals surface area contributed by atoms with Gasteiger partial charge in [-0.05, 0) is 35.9 Å². The molecule has 1 amide bonds. The number of thioether (sulfide) groups is 1. The molecule has 2 aromatic rings. The number of anilines is 2. The third-order valence-corrected chi connectivity index (χ3v) is 7.73. The average Bonchev–Trinajstić information content (AvgIpc) is 3.04. The van der Waals surface area contributed by atoms with E-state index in [0.717, 1.165) is 21.8 Å². The van der Waals surface area contributed by atoms with E-state index in [9.17, 15) is 14.7 Å². The highest BCUT2D eigenvalue weighted by Gasteiger charge is 2.35. The molecular weight excluding hydrogens is 468 g/mol. The van der Waals surface area contributed by atoms with Crippen LogP contribution in [0.1, 0.15) is 5.56 Å². The molecule has 7 nitrogen and oxygen atoms in total. The van der Waals surface area contributed by atoms with Crippen molar-refractivity contribution in [3.63, 3.8) is 0 Å². The lowest BCUT2D eigenvalue weighted by molar-refractivity contribution is -0.150. The molecule has 2 aromatic carbocycles. The Morgan fingerprint density at radius 3 is 2.78 bits per heavy atom. The smallest absolute Gasteiger partial charge is 0.325 e. The van der Waals surface area contributed by atoms with Crippen LogP contribution in [-0.2, 0) is 14.3 Å². The molecule has 2 atom stereocenters. The third-order valence-electron chi connectivity index (χ3n) is 5.01. The summed E-state index contributed by atoms with van der Waals surface area (Å²) in [6, 6.07) is 14.3. The summed E-state index contributed by atoms with van der Waals surface area (Å²) in [5.74, 6) is -0.971. The number of hydrogen-bond donors (Lipinski definition) is 3. The van der Waals surface area contributed by atoms with Gasteiger partial charge in [-0.25, -0.2) is 0 Å². The second kappa shape index (κ2) is 9.80. The van der Waals surface area contributed by atoms with Crippen molar-refractivity contribution in [2.45, 2.75) is 20.6 Å². The van der Waals surface area contributed by atoms with E-state index >= 15 is 0 Å². The molecule has 10 heteroatoms. The third kappa shape index (κ3) is 4.79. The molecule has 1 saturated heterocycles. The fraction of sp³-hybridized carbons (Fsp3) is 0.273. The zero-order valence-corrected chi connectivity index (χ0v) is 19.7. The zero-order chi connectivity index (χ0) is 22.8. The van der Waals surface area contributed by atoms with E-state index in [1.165, 1.54) is 21.6 Å². The van der Waals surface area contributed by atoms with E-state index in [2.05, 4.69) is 29.7 Å². The van der Waals surface area contributed by atoms with E-state index in [0.29, 0.717) is 4.91 Å². The molecule has 2 aliphatic rings. The minimum absolute atomic E-state index is 0.281. The van der Waals surface area contributed by atoms with Gasteiger partial charge >= 0.3 is 5.97 Å². The molecule has 0 saturated carbocycles. The molecule has 2 unspecified atom stereocenters. The summed E-state index contributed by atoms with van der Waals surface area (Å²) in [5.41, 5.74) is 3.14. The Kier molecular flexibility index (Phi) is 7.06. The first-order valence-corrected chi connectivity index (χ1v) is 12.0. The van der Waals surface area contributed by atoms with E-state index in [1.54, 1.807) is 17.8 Å². The lowest BCUT2D eigenvalue weighted by Crippen LogP contribution is -2.36. The van der Waals surface area contributed by atoms with Gasteiger partial charge in [0, 0.05) is 16.8 Å². The molecule has 2 heterocycles. The number of carbonyl (C=O) groups excluding carboxylic acids is 2. The molecule has 0 radical (unpaired) electrons. The minimum atomic E-state index is -1.14. The Balaban J connectivity index is 1.48. The van der Waals surface area contributed by atoms with Crippen molar-refractivity contribution < 1.29 is 24.5 Å². The summed E-state index contributed by atoms with van der Waals surface area (Å²) in [7, 11) is 2.04. The SMILES string of the molecule is CN1c2ccccc2Sc2cc(C=C3SC(S)N(CC(=O)OCC(O)CO)C3=O)ccc21. The predicted octanol–water partition coefficient (Wildman–Crippen LogP) is 2.95. The van der Waals surface area contributed by atoms with E-state index in [1.807, 2.05) is 37.4 Å². The molecule has 1 fully saturated rings.